The SMILES string of the molecule is Cc1cc(C(=O)O)c(C)n1-c1cccc(N(C)C)c1C=O. The summed E-state index contributed by atoms with van der Waals surface area (Å²) in [5.41, 5.74) is 3.68. The van der Waals surface area contributed by atoms with Gasteiger partial charge in [0, 0.05) is 31.2 Å². The number of aromatic carboxylic acids is 1. The third-order valence-corrected chi connectivity index (χ3v) is 3.56. The molecule has 5 heteroatoms. The van der Waals surface area contributed by atoms with Crippen molar-refractivity contribution in [1.82, 2.24) is 4.57 Å². The highest BCUT2D eigenvalue weighted by Crippen LogP contribution is 2.28. The van der Waals surface area contributed by atoms with Gasteiger partial charge >= 0.3 is 5.97 Å². The average Bonchev–Trinajstić information content (AvgIpc) is 2.73. The summed E-state index contributed by atoms with van der Waals surface area (Å²) in [6.07, 6.45) is 0.810. The van der Waals surface area contributed by atoms with E-state index in [0.717, 1.165) is 17.7 Å². The highest BCUT2D eigenvalue weighted by Gasteiger charge is 2.19. The predicted molar refractivity (Wildman–Crippen MR) is 81.9 cm³/mol. The molecule has 0 amide bonds. The molecule has 0 aliphatic carbocycles. The first kappa shape index (κ1) is 14.8. The van der Waals surface area contributed by atoms with Crippen LogP contribution in [0.5, 0.6) is 0 Å². The lowest BCUT2D eigenvalue weighted by Crippen LogP contribution is -2.14. The zero-order chi connectivity index (χ0) is 15.7. The second-order valence-electron chi connectivity index (χ2n) is 5.15. The fraction of sp³-hybridized carbons (Fsp3) is 0.250. The van der Waals surface area contributed by atoms with Gasteiger partial charge in [0.2, 0.25) is 0 Å². The van der Waals surface area contributed by atoms with E-state index >= 15 is 0 Å². The first-order chi connectivity index (χ1) is 9.88. The molecule has 0 saturated carbocycles. The highest BCUT2D eigenvalue weighted by atomic mass is 16.4. The second kappa shape index (κ2) is 5.44. The Hall–Kier alpha value is -2.56. The van der Waals surface area contributed by atoms with Gasteiger partial charge in [-0.25, -0.2) is 4.79 Å². The van der Waals surface area contributed by atoms with Gasteiger partial charge in [-0.15, -0.1) is 0 Å². The van der Waals surface area contributed by atoms with Crippen LogP contribution in [0.1, 0.15) is 32.1 Å². The van der Waals surface area contributed by atoms with E-state index in [1.807, 2.05) is 44.1 Å². The minimum Gasteiger partial charge on any atom is -0.478 e. The lowest BCUT2D eigenvalue weighted by molar-refractivity contribution is 0.0696. The lowest BCUT2D eigenvalue weighted by Gasteiger charge is -2.19. The van der Waals surface area contributed by atoms with E-state index in [1.54, 1.807) is 17.6 Å². The van der Waals surface area contributed by atoms with Gasteiger partial charge in [-0.05, 0) is 32.0 Å². The van der Waals surface area contributed by atoms with Crippen LogP contribution in [0, 0.1) is 13.8 Å². The van der Waals surface area contributed by atoms with Crippen LogP contribution in [-0.4, -0.2) is 36.0 Å². The van der Waals surface area contributed by atoms with Gasteiger partial charge in [0.15, 0.2) is 6.29 Å². The lowest BCUT2D eigenvalue weighted by atomic mass is 10.1. The van der Waals surface area contributed by atoms with Crippen molar-refractivity contribution in [2.45, 2.75) is 13.8 Å². The summed E-state index contributed by atoms with van der Waals surface area (Å²) in [5.74, 6) is -0.967. The maximum absolute atomic E-state index is 11.5. The topological polar surface area (TPSA) is 62.5 Å². The first-order valence-electron chi connectivity index (χ1n) is 6.56. The fourth-order valence-corrected chi connectivity index (χ4v) is 2.60. The first-order valence-corrected chi connectivity index (χ1v) is 6.56. The number of aryl methyl sites for hydroxylation is 1. The van der Waals surface area contributed by atoms with Crippen LogP contribution in [0.3, 0.4) is 0 Å². The molecule has 1 heterocycles. The zero-order valence-corrected chi connectivity index (χ0v) is 12.5. The van der Waals surface area contributed by atoms with Crippen LogP contribution >= 0.6 is 0 Å². The van der Waals surface area contributed by atoms with Crippen molar-refractivity contribution < 1.29 is 14.7 Å². The van der Waals surface area contributed by atoms with E-state index in [0.29, 0.717) is 16.9 Å². The molecule has 110 valence electrons. The Morgan fingerprint density at radius 3 is 2.43 bits per heavy atom. The number of hydrogen-bond donors (Lipinski definition) is 1. The number of hydrogen-bond acceptors (Lipinski definition) is 3. The van der Waals surface area contributed by atoms with Crippen LogP contribution in [0.2, 0.25) is 0 Å². The minimum atomic E-state index is -0.967. The molecule has 0 radical (unpaired) electrons. The third-order valence-electron chi connectivity index (χ3n) is 3.56. The molecule has 21 heavy (non-hydrogen) atoms. The number of nitrogens with zero attached hydrogens (tertiary/aromatic N) is 2. The number of aldehydes is 1. The third kappa shape index (κ3) is 2.42. The van der Waals surface area contributed by atoms with Gasteiger partial charge in [-0.3, -0.25) is 4.79 Å². The number of benzene rings is 1. The number of carbonyl (C=O) groups excluding carboxylic acids is 1. The Balaban J connectivity index is 2.76. The summed E-state index contributed by atoms with van der Waals surface area (Å²) < 4.78 is 1.81. The van der Waals surface area contributed by atoms with Crippen molar-refractivity contribution in [1.29, 1.82) is 0 Å². The molecule has 5 nitrogen and oxygen atoms in total. The molecular weight excluding hydrogens is 268 g/mol. The summed E-state index contributed by atoms with van der Waals surface area (Å²) in [6.45, 7) is 3.57. The largest absolute Gasteiger partial charge is 0.478 e. The van der Waals surface area contributed by atoms with Crippen molar-refractivity contribution in [2.75, 3.05) is 19.0 Å². The van der Waals surface area contributed by atoms with Crippen LogP contribution in [0.4, 0.5) is 5.69 Å². The van der Waals surface area contributed by atoms with Crippen molar-refractivity contribution in [3.05, 3.63) is 46.8 Å². The number of rotatable bonds is 4. The molecule has 0 aliphatic heterocycles. The highest BCUT2D eigenvalue weighted by molar-refractivity contribution is 5.92. The number of aromatic nitrogens is 1. The van der Waals surface area contributed by atoms with Gasteiger partial charge in [0.1, 0.15) is 0 Å². The molecule has 2 rings (SSSR count). The summed E-state index contributed by atoms with van der Waals surface area (Å²) in [7, 11) is 3.73. The van der Waals surface area contributed by atoms with E-state index in [1.165, 1.54) is 0 Å². The molecule has 0 spiro atoms. The molecular formula is C16H18N2O3. The number of carboxylic acid groups (broad SMARTS) is 1. The van der Waals surface area contributed by atoms with E-state index in [2.05, 4.69) is 0 Å². The maximum atomic E-state index is 11.5. The summed E-state index contributed by atoms with van der Waals surface area (Å²) in [6, 6.07) is 7.16. The molecule has 0 bridgehead atoms. The quantitative estimate of drug-likeness (QED) is 0.878. The molecule has 1 aromatic carbocycles. The Morgan fingerprint density at radius 2 is 1.95 bits per heavy atom. The predicted octanol–water partition coefficient (Wildman–Crippen LogP) is 2.67. The van der Waals surface area contributed by atoms with Crippen molar-refractivity contribution >= 4 is 17.9 Å². The van der Waals surface area contributed by atoms with E-state index < -0.39 is 5.97 Å². The van der Waals surface area contributed by atoms with Gasteiger partial charge in [-0.2, -0.15) is 0 Å². The van der Waals surface area contributed by atoms with Crippen LogP contribution in [0.15, 0.2) is 24.3 Å². The molecule has 1 aromatic heterocycles. The minimum absolute atomic E-state index is 0.250. The molecule has 0 aliphatic rings. The van der Waals surface area contributed by atoms with Crippen molar-refractivity contribution in [2.24, 2.45) is 0 Å². The molecule has 1 N–H and O–H groups in total. The Kier molecular flexibility index (Phi) is 3.84. The number of carboxylic acids is 1. The van der Waals surface area contributed by atoms with E-state index in [-0.39, 0.29) is 5.56 Å². The van der Waals surface area contributed by atoms with Gasteiger partial charge in [0.05, 0.1) is 16.8 Å². The Labute approximate surface area is 123 Å². The smallest absolute Gasteiger partial charge is 0.337 e. The molecule has 0 atom stereocenters. The van der Waals surface area contributed by atoms with E-state index in [4.69, 9.17) is 0 Å². The van der Waals surface area contributed by atoms with Gasteiger partial charge in [-0.1, -0.05) is 6.07 Å². The van der Waals surface area contributed by atoms with Crippen LogP contribution in [-0.2, 0) is 0 Å². The average molecular weight is 286 g/mol. The summed E-state index contributed by atoms with van der Waals surface area (Å²) in [4.78, 5) is 24.7. The normalized spacial score (nSPS) is 10.5. The standard InChI is InChI=1S/C16H18N2O3/c1-10-8-12(16(20)21)11(2)18(10)15-7-5-6-14(17(3)4)13(15)9-19/h5-9H,1-4H3,(H,20,21). The zero-order valence-electron chi connectivity index (χ0n) is 12.5. The fourth-order valence-electron chi connectivity index (χ4n) is 2.60. The molecule has 0 saturated heterocycles. The molecule has 0 fully saturated rings. The number of carbonyl (C=O) groups is 2. The van der Waals surface area contributed by atoms with Crippen molar-refractivity contribution in [3.63, 3.8) is 0 Å². The van der Waals surface area contributed by atoms with E-state index in [9.17, 15) is 14.7 Å². The van der Waals surface area contributed by atoms with Gasteiger partial charge < -0.3 is 14.6 Å². The van der Waals surface area contributed by atoms with Gasteiger partial charge in [0.25, 0.3) is 0 Å². The monoisotopic (exact) mass is 286 g/mol. The summed E-state index contributed by atoms with van der Waals surface area (Å²) in [5, 5.41) is 9.23. The summed E-state index contributed by atoms with van der Waals surface area (Å²) >= 11 is 0. The van der Waals surface area contributed by atoms with Crippen LogP contribution in [0.25, 0.3) is 5.69 Å². The van der Waals surface area contributed by atoms with Crippen molar-refractivity contribution in [3.8, 4) is 5.69 Å². The molecule has 2 aromatic rings. The number of anilines is 1. The van der Waals surface area contributed by atoms with Crippen LogP contribution < -0.4 is 4.90 Å². The molecule has 0 unspecified atom stereocenters. The Morgan fingerprint density at radius 1 is 1.29 bits per heavy atom. The Bertz CT molecular complexity index is 715. The second-order valence-corrected chi connectivity index (χ2v) is 5.15. The maximum Gasteiger partial charge on any atom is 0.337 e.